The number of rotatable bonds is 5. The van der Waals surface area contributed by atoms with Crippen molar-refractivity contribution in [3.05, 3.63) is 0 Å². The number of carboxylic acids is 2. The first kappa shape index (κ1) is 13.4. The van der Waals surface area contributed by atoms with E-state index in [2.05, 4.69) is 5.32 Å². The highest BCUT2D eigenvalue weighted by Gasteiger charge is 2.28. The van der Waals surface area contributed by atoms with E-state index in [1.807, 2.05) is 0 Å². The van der Waals surface area contributed by atoms with Crippen LogP contribution in [0.2, 0.25) is 0 Å². The van der Waals surface area contributed by atoms with Gasteiger partial charge in [0, 0.05) is 6.54 Å². The average molecular weight is 244 g/mol. The van der Waals surface area contributed by atoms with Gasteiger partial charge in [-0.3, -0.25) is 14.4 Å². The maximum absolute atomic E-state index is 11.9. The molecule has 0 aromatic rings. The summed E-state index contributed by atoms with van der Waals surface area (Å²) in [4.78, 5) is 34.0. The van der Waals surface area contributed by atoms with E-state index in [0.29, 0.717) is 13.0 Å². The van der Waals surface area contributed by atoms with Gasteiger partial charge < -0.3 is 20.4 Å². The van der Waals surface area contributed by atoms with Gasteiger partial charge in [-0.25, -0.2) is 0 Å². The average Bonchev–Trinajstić information content (AvgIpc) is 2.27. The number of carbonyl (C=O) groups is 3. The summed E-state index contributed by atoms with van der Waals surface area (Å²) in [6.45, 7) is 0.180. The van der Waals surface area contributed by atoms with Crippen molar-refractivity contribution < 1.29 is 24.6 Å². The van der Waals surface area contributed by atoms with Gasteiger partial charge in [-0.2, -0.15) is 0 Å². The zero-order chi connectivity index (χ0) is 12.8. The molecule has 17 heavy (non-hydrogen) atoms. The normalized spacial score (nSPS) is 19.6. The Hall–Kier alpha value is -1.63. The van der Waals surface area contributed by atoms with Crippen LogP contribution < -0.4 is 5.32 Å². The summed E-state index contributed by atoms with van der Waals surface area (Å²) < 4.78 is 0. The third kappa shape index (κ3) is 4.39. The van der Waals surface area contributed by atoms with E-state index in [1.165, 1.54) is 0 Å². The van der Waals surface area contributed by atoms with Crippen molar-refractivity contribution in [2.75, 3.05) is 26.2 Å². The van der Waals surface area contributed by atoms with Crippen molar-refractivity contribution in [3.8, 4) is 0 Å². The molecule has 1 aliphatic rings. The number of piperidine rings is 1. The minimum absolute atomic E-state index is 0.317. The SMILES string of the molecule is O=C(O)CN(CC(=O)O)C(=O)[C@H]1CCCNC1. The Balaban J connectivity index is 2.63. The molecule has 0 aromatic carbocycles. The molecule has 1 amide bonds. The molecule has 3 N–H and O–H groups in total. The smallest absolute Gasteiger partial charge is 0.323 e. The van der Waals surface area contributed by atoms with Gasteiger partial charge in [0.05, 0.1) is 5.92 Å². The van der Waals surface area contributed by atoms with Crippen LogP contribution in [-0.2, 0) is 14.4 Å². The largest absolute Gasteiger partial charge is 0.480 e. The minimum atomic E-state index is -1.21. The van der Waals surface area contributed by atoms with E-state index < -0.39 is 30.9 Å². The molecule has 7 nitrogen and oxygen atoms in total. The third-order valence-electron chi connectivity index (χ3n) is 2.61. The molecule has 1 saturated heterocycles. The van der Waals surface area contributed by atoms with Gasteiger partial charge in [-0.1, -0.05) is 0 Å². The van der Waals surface area contributed by atoms with Crippen LogP contribution in [0, 0.1) is 5.92 Å². The zero-order valence-corrected chi connectivity index (χ0v) is 9.39. The fourth-order valence-electron chi connectivity index (χ4n) is 1.86. The number of amides is 1. The number of nitrogens with one attached hydrogen (secondary N) is 1. The highest BCUT2D eigenvalue weighted by Crippen LogP contribution is 2.13. The van der Waals surface area contributed by atoms with Crippen molar-refractivity contribution in [3.63, 3.8) is 0 Å². The van der Waals surface area contributed by atoms with Crippen LogP contribution in [0.15, 0.2) is 0 Å². The van der Waals surface area contributed by atoms with Crippen molar-refractivity contribution in [2.45, 2.75) is 12.8 Å². The second-order valence-electron chi connectivity index (χ2n) is 4.03. The lowest BCUT2D eigenvalue weighted by Crippen LogP contribution is -2.46. The van der Waals surface area contributed by atoms with Gasteiger partial charge in [0.25, 0.3) is 0 Å². The van der Waals surface area contributed by atoms with Crippen LogP contribution in [0.3, 0.4) is 0 Å². The van der Waals surface area contributed by atoms with Crippen LogP contribution >= 0.6 is 0 Å². The molecule has 0 saturated carbocycles. The van der Waals surface area contributed by atoms with Gasteiger partial charge >= 0.3 is 11.9 Å². The molecule has 1 atom stereocenters. The first-order valence-corrected chi connectivity index (χ1v) is 5.44. The predicted molar refractivity (Wildman–Crippen MR) is 57.4 cm³/mol. The molecule has 96 valence electrons. The van der Waals surface area contributed by atoms with Crippen molar-refractivity contribution in [1.82, 2.24) is 10.2 Å². The Kier molecular flexibility index (Phi) is 4.89. The van der Waals surface area contributed by atoms with Gasteiger partial charge in [0.15, 0.2) is 0 Å². The van der Waals surface area contributed by atoms with Crippen LogP contribution in [-0.4, -0.2) is 59.1 Å². The Bertz CT molecular complexity index is 296. The number of carboxylic acid groups (broad SMARTS) is 2. The van der Waals surface area contributed by atoms with Gasteiger partial charge in [0.1, 0.15) is 13.1 Å². The molecular weight excluding hydrogens is 228 g/mol. The molecule has 0 aromatic heterocycles. The monoisotopic (exact) mass is 244 g/mol. The maximum Gasteiger partial charge on any atom is 0.323 e. The molecule has 0 spiro atoms. The quantitative estimate of drug-likeness (QED) is 0.571. The Labute approximate surface area is 98.4 Å². The Morgan fingerprint density at radius 3 is 2.18 bits per heavy atom. The summed E-state index contributed by atoms with van der Waals surface area (Å²) in [5, 5.41) is 20.3. The standard InChI is InChI=1S/C10H16N2O5/c13-8(14)5-12(6-9(15)16)10(17)7-2-1-3-11-4-7/h7,11H,1-6H2,(H,13,14)(H,15,16)/t7-/m0/s1. The number of hydrogen-bond donors (Lipinski definition) is 3. The molecular formula is C10H16N2O5. The number of hydrogen-bond acceptors (Lipinski definition) is 4. The first-order valence-electron chi connectivity index (χ1n) is 5.44. The third-order valence-corrected chi connectivity index (χ3v) is 2.61. The lowest BCUT2D eigenvalue weighted by Gasteiger charge is -2.27. The van der Waals surface area contributed by atoms with Crippen LogP contribution in [0.25, 0.3) is 0 Å². The van der Waals surface area contributed by atoms with E-state index in [9.17, 15) is 14.4 Å². The maximum atomic E-state index is 11.9. The summed E-state index contributed by atoms with van der Waals surface area (Å²) in [5.41, 5.74) is 0. The molecule has 0 aliphatic carbocycles. The molecule has 1 aliphatic heterocycles. The van der Waals surface area contributed by atoms with Gasteiger partial charge in [0.2, 0.25) is 5.91 Å². The molecule has 7 heteroatoms. The summed E-state index contributed by atoms with van der Waals surface area (Å²) in [6, 6.07) is 0. The van der Waals surface area contributed by atoms with Crippen molar-refractivity contribution in [1.29, 1.82) is 0 Å². The summed E-state index contributed by atoms with van der Waals surface area (Å²) in [7, 11) is 0. The summed E-state index contributed by atoms with van der Waals surface area (Å²) >= 11 is 0. The van der Waals surface area contributed by atoms with E-state index in [1.54, 1.807) is 0 Å². The zero-order valence-electron chi connectivity index (χ0n) is 9.39. The van der Waals surface area contributed by atoms with Gasteiger partial charge in [-0.15, -0.1) is 0 Å². The Morgan fingerprint density at radius 2 is 1.76 bits per heavy atom. The molecule has 1 fully saturated rings. The van der Waals surface area contributed by atoms with E-state index in [4.69, 9.17) is 10.2 Å². The fourth-order valence-corrected chi connectivity index (χ4v) is 1.86. The summed E-state index contributed by atoms with van der Waals surface area (Å²) in [6.07, 6.45) is 1.51. The predicted octanol–water partition coefficient (Wildman–Crippen LogP) is -1.02. The molecule has 1 heterocycles. The topological polar surface area (TPSA) is 107 Å². The van der Waals surface area contributed by atoms with Crippen LogP contribution in [0.5, 0.6) is 0 Å². The van der Waals surface area contributed by atoms with E-state index in [0.717, 1.165) is 17.9 Å². The number of nitrogens with zero attached hydrogens (tertiary/aromatic N) is 1. The first-order chi connectivity index (χ1) is 8.00. The molecule has 1 rings (SSSR count). The fraction of sp³-hybridized carbons (Fsp3) is 0.700. The molecule has 0 bridgehead atoms. The Morgan fingerprint density at radius 1 is 1.18 bits per heavy atom. The molecule has 0 radical (unpaired) electrons. The lowest BCUT2D eigenvalue weighted by molar-refractivity contribution is -0.151. The van der Waals surface area contributed by atoms with Crippen LogP contribution in [0.4, 0.5) is 0 Å². The minimum Gasteiger partial charge on any atom is -0.480 e. The highest BCUT2D eigenvalue weighted by atomic mass is 16.4. The lowest BCUT2D eigenvalue weighted by atomic mass is 9.98. The van der Waals surface area contributed by atoms with E-state index in [-0.39, 0.29) is 5.92 Å². The second kappa shape index (κ2) is 6.19. The van der Waals surface area contributed by atoms with Crippen LogP contribution in [0.1, 0.15) is 12.8 Å². The van der Waals surface area contributed by atoms with Gasteiger partial charge in [-0.05, 0) is 19.4 Å². The van der Waals surface area contributed by atoms with Crippen molar-refractivity contribution >= 4 is 17.8 Å². The highest BCUT2D eigenvalue weighted by molar-refractivity contribution is 5.86. The van der Waals surface area contributed by atoms with E-state index >= 15 is 0 Å². The number of aliphatic carboxylic acids is 2. The summed E-state index contributed by atoms with van der Waals surface area (Å²) in [5.74, 6) is -3.13. The second-order valence-corrected chi connectivity index (χ2v) is 4.03. The van der Waals surface area contributed by atoms with Crippen molar-refractivity contribution in [2.24, 2.45) is 5.92 Å². The molecule has 0 unspecified atom stereocenters. The number of carbonyl (C=O) groups excluding carboxylic acids is 1.